The van der Waals surface area contributed by atoms with Crippen LogP contribution in [0.4, 0.5) is 0 Å². The maximum Gasteiger partial charge on any atom is 0.138 e. The molecule has 0 unspecified atom stereocenters. The van der Waals surface area contributed by atoms with Crippen LogP contribution in [0.3, 0.4) is 0 Å². The third-order valence-electron chi connectivity index (χ3n) is 3.81. The summed E-state index contributed by atoms with van der Waals surface area (Å²) in [6.45, 7) is 4.50. The Kier molecular flexibility index (Phi) is 19.2. The highest BCUT2D eigenvalue weighted by Crippen LogP contribution is 2.08. The zero-order valence-corrected chi connectivity index (χ0v) is 15.0. The summed E-state index contributed by atoms with van der Waals surface area (Å²) in [7, 11) is 0. The number of rotatable bonds is 17. The smallest absolute Gasteiger partial charge is 0.138 e. The highest BCUT2D eigenvalue weighted by molar-refractivity contribution is 4.74. The average Bonchev–Trinajstić information content (AvgIpc) is 2.54. The number of hydrogen-bond donors (Lipinski definition) is 0. The van der Waals surface area contributed by atoms with Gasteiger partial charge < -0.3 is 0 Å². The van der Waals surface area contributed by atoms with E-state index >= 15 is 0 Å². The van der Waals surface area contributed by atoms with Gasteiger partial charge in [-0.05, 0) is 37.8 Å². The van der Waals surface area contributed by atoms with Crippen molar-refractivity contribution < 1.29 is 9.78 Å². The molecule has 0 atom stereocenters. The van der Waals surface area contributed by atoms with E-state index in [0.717, 1.165) is 12.8 Å². The first-order chi connectivity index (χ1) is 10.9. The second kappa shape index (κ2) is 20.1. The molecule has 0 heterocycles. The Hall–Kier alpha value is -0.920. The normalized spacial score (nSPS) is 11.5. The third kappa shape index (κ3) is 19.1. The van der Waals surface area contributed by atoms with Gasteiger partial charge in [-0.25, -0.2) is 0 Å². The summed E-state index contributed by atoms with van der Waals surface area (Å²) in [6, 6.07) is 0. The van der Waals surface area contributed by atoms with Crippen molar-refractivity contribution in [1.82, 2.24) is 0 Å². The monoisotopic (exact) mass is 310 g/mol. The van der Waals surface area contributed by atoms with Gasteiger partial charge in [0.05, 0.1) is 0 Å². The molecule has 130 valence electrons. The van der Waals surface area contributed by atoms with Gasteiger partial charge in [-0.1, -0.05) is 78.1 Å². The van der Waals surface area contributed by atoms with Crippen LogP contribution in [0.25, 0.3) is 0 Å². The minimum atomic E-state index is 1.08. The molecule has 0 bridgehead atoms. The molecule has 0 N–H and O–H groups in total. The lowest BCUT2D eigenvalue weighted by Crippen LogP contribution is -1.80. The first-order valence-electron chi connectivity index (χ1n) is 9.54. The fourth-order valence-electron chi connectivity index (χ4n) is 2.36. The van der Waals surface area contributed by atoms with Gasteiger partial charge in [-0.2, -0.15) is 0 Å². The van der Waals surface area contributed by atoms with Gasteiger partial charge in [-0.15, -0.1) is 0 Å². The van der Waals surface area contributed by atoms with Crippen LogP contribution in [-0.4, -0.2) is 0 Å². The van der Waals surface area contributed by atoms with Crippen molar-refractivity contribution in [3.8, 4) is 0 Å². The molecule has 0 rings (SSSR count). The lowest BCUT2D eigenvalue weighted by Gasteiger charge is -1.98. The van der Waals surface area contributed by atoms with Crippen molar-refractivity contribution in [1.29, 1.82) is 0 Å². The lowest BCUT2D eigenvalue weighted by molar-refractivity contribution is -0.196. The number of allylic oxidation sites excluding steroid dienone is 2. The van der Waals surface area contributed by atoms with E-state index in [1.165, 1.54) is 77.0 Å². The Morgan fingerprint density at radius 2 is 0.864 bits per heavy atom. The topological polar surface area (TPSA) is 18.5 Å². The van der Waals surface area contributed by atoms with Crippen LogP contribution < -0.4 is 0 Å². The highest BCUT2D eigenvalue weighted by Gasteiger charge is 1.89. The zero-order valence-electron chi connectivity index (χ0n) is 15.0. The quantitative estimate of drug-likeness (QED) is 0.120. The van der Waals surface area contributed by atoms with Crippen molar-refractivity contribution in [3.63, 3.8) is 0 Å². The van der Waals surface area contributed by atoms with Crippen LogP contribution in [-0.2, 0) is 9.78 Å². The molecule has 0 aromatic heterocycles. The summed E-state index contributed by atoms with van der Waals surface area (Å²) >= 11 is 0. The zero-order chi connectivity index (χ0) is 16.1. The predicted octanol–water partition coefficient (Wildman–Crippen LogP) is 7.46. The van der Waals surface area contributed by atoms with E-state index in [1.54, 1.807) is 12.5 Å². The summed E-state index contributed by atoms with van der Waals surface area (Å²) in [4.78, 5) is 9.94. The van der Waals surface area contributed by atoms with Crippen LogP contribution in [0.1, 0.15) is 104 Å². The maximum absolute atomic E-state index is 4.97. The van der Waals surface area contributed by atoms with Gasteiger partial charge >= 0.3 is 0 Å². The van der Waals surface area contributed by atoms with Gasteiger partial charge in [0, 0.05) is 0 Å². The summed E-state index contributed by atoms with van der Waals surface area (Å²) < 4.78 is 0. The molecule has 2 heteroatoms. The molecule has 0 aromatic rings. The fourth-order valence-corrected chi connectivity index (χ4v) is 2.36. The molecule has 0 spiro atoms. The molecule has 22 heavy (non-hydrogen) atoms. The largest absolute Gasteiger partial charge is 0.299 e. The molecule has 0 aliphatic carbocycles. The van der Waals surface area contributed by atoms with Crippen molar-refractivity contribution in [2.75, 3.05) is 0 Å². The number of unbranched alkanes of at least 4 members (excludes halogenated alkanes) is 12. The van der Waals surface area contributed by atoms with Crippen LogP contribution in [0.2, 0.25) is 0 Å². The Bertz CT molecular complexity index is 220. The molecule has 0 aliphatic rings. The van der Waals surface area contributed by atoms with Gasteiger partial charge in [0.25, 0.3) is 0 Å². The lowest BCUT2D eigenvalue weighted by atomic mass is 10.1. The Labute approximate surface area is 138 Å². The fraction of sp³-hybridized carbons (Fsp3) is 0.800. The number of hydrogen-bond acceptors (Lipinski definition) is 2. The SMILES string of the molecule is CCCCCCCCC=COOC=CCCCCCCCC. The highest BCUT2D eigenvalue weighted by atomic mass is 17.2. The maximum atomic E-state index is 4.97. The van der Waals surface area contributed by atoms with Gasteiger partial charge in [0.2, 0.25) is 0 Å². The van der Waals surface area contributed by atoms with Crippen LogP contribution in [0.15, 0.2) is 24.7 Å². The van der Waals surface area contributed by atoms with E-state index in [-0.39, 0.29) is 0 Å². The van der Waals surface area contributed by atoms with Gasteiger partial charge in [0.15, 0.2) is 0 Å². The summed E-state index contributed by atoms with van der Waals surface area (Å²) in [5.41, 5.74) is 0. The minimum absolute atomic E-state index is 1.08. The molecule has 0 aromatic carbocycles. The van der Waals surface area contributed by atoms with E-state index in [9.17, 15) is 0 Å². The third-order valence-corrected chi connectivity index (χ3v) is 3.81. The average molecular weight is 311 g/mol. The van der Waals surface area contributed by atoms with E-state index in [2.05, 4.69) is 13.8 Å². The second-order valence-corrected chi connectivity index (χ2v) is 6.05. The molecule has 0 saturated carbocycles. The Morgan fingerprint density at radius 1 is 0.500 bits per heavy atom. The van der Waals surface area contributed by atoms with Crippen molar-refractivity contribution in [2.24, 2.45) is 0 Å². The van der Waals surface area contributed by atoms with Crippen LogP contribution in [0, 0.1) is 0 Å². The molecule has 0 aliphatic heterocycles. The second-order valence-electron chi connectivity index (χ2n) is 6.05. The Balaban J connectivity index is 3.14. The van der Waals surface area contributed by atoms with Crippen LogP contribution in [0.5, 0.6) is 0 Å². The molecule has 0 amide bonds. The van der Waals surface area contributed by atoms with E-state index in [1.807, 2.05) is 12.2 Å². The van der Waals surface area contributed by atoms with Gasteiger partial charge in [0.1, 0.15) is 12.5 Å². The minimum Gasteiger partial charge on any atom is -0.299 e. The first-order valence-corrected chi connectivity index (χ1v) is 9.54. The van der Waals surface area contributed by atoms with E-state index in [4.69, 9.17) is 9.78 Å². The first kappa shape index (κ1) is 21.1. The van der Waals surface area contributed by atoms with Crippen LogP contribution >= 0.6 is 0 Å². The Morgan fingerprint density at radius 3 is 1.27 bits per heavy atom. The molecular weight excluding hydrogens is 272 g/mol. The van der Waals surface area contributed by atoms with Crippen molar-refractivity contribution in [2.45, 2.75) is 104 Å². The van der Waals surface area contributed by atoms with E-state index < -0.39 is 0 Å². The van der Waals surface area contributed by atoms with E-state index in [0.29, 0.717) is 0 Å². The predicted molar refractivity (Wildman–Crippen MR) is 96.4 cm³/mol. The summed E-state index contributed by atoms with van der Waals surface area (Å²) in [5, 5.41) is 0. The molecule has 0 saturated heterocycles. The van der Waals surface area contributed by atoms with Crippen molar-refractivity contribution in [3.05, 3.63) is 24.7 Å². The standard InChI is InChI=1S/C20H38O2/c1-3-5-7-9-11-13-15-17-19-21-22-20-18-16-14-12-10-8-6-4-2/h17-20H,3-16H2,1-2H3. The molecular formula is C20H38O2. The molecule has 2 nitrogen and oxygen atoms in total. The summed E-state index contributed by atoms with van der Waals surface area (Å²) in [5.74, 6) is 0. The molecule has 0 radical (unpaired) electrons. The summed E-state index contributed by atoms with van der Waals surface area (Å²) in [6.07, 6.45) is 25.6. The van der Waals surface area contributed by atoms with Crippen molar-refractivity contribution >= 4 is 0 Å². The molecule has 0 fully saturated rings. The van der Waals surface area contributed by atoms with Gasteiger partial charge in [-0.3, -0.25) is 9.78 Å².